The third kappa shape index (κ3) is 2.31. The van der Waals surface area contributed by atoms with Gasteiger partial charge in [-0.15, -0.1) is 11.3 Å². The van der Waals surface area contributed by atoms with Crippen molar-refractivity contribution in [2.24, 2.45) is 5.92 Å². The summed E-state index contributed by atoms with van der Waals surface area (Å²) in [6.07, 6.45) is 2.63. The summed E-state index contributed by atoms with van der Waals surface area (Å²) < 4.78 is 0. The fourth-order valence-electron chi connectivity index (χ4n) is 1.69. The summed E-state index contributed by atoms with van der Waals surface area (Å²) in [7, 11) is 0. The van der Waals surface area contributed by atoms with E-state index in [4.69, 9.17) is 5.73 Å². The number of Topliss-reactive ketones (excluding diaryl/α,β-unsaturated/α-hetero) is 1. The normalized spacial score (nSPS) is 17.5. The Hall–Kier alpha value is -1.03. The van der Waals surface area contributed by atoms with Crippen LogP contribution in [0.2, 0.25) is 0 Å². The second-order valence-electron chi connectivity index (χ2n) is 4.22. The number of ketones is 1. The lowest BCUT2D eigenvalue weighted by Crippen LogP contribution is -2.16. The third-order valence-corrected chi connectivity index (χ3v) is 3.96. The van der Waals surface area contributed by atoms with Crippen LogP contribution >= 0.6 is 11.3 Å². The van der Waals surface area contributed by atoms with Crippen molar-refractivity contribution in [1.82, 2.24) is 0 Å². The molecular formula is C11H16N2OS. The van der Waals surface area contributed by atoms with Gasteiger partial charge in [-0.05, 0) is 31.7 Å². The van der Waals surface area contributed by atoms with Crippen LogP contribution in [-0.4, -0.2) is 11.8 Å². The maximum Gasteiger partial charge on any atom is 0.171 e. The predicted octanol–water partition coefficient (Wildman–Crippen LogP) is 2.74. The van der Waals surface area contributed by atoms with Crippen molar-refractivity contribution < 1.29 is 4.79 Å². The molecule has 0 amide bonds. The number of rotatable bonds is 4. The van der Waals surface area contributed by atoms with Crippen molar-refractivity contribution in [1.29, 1.82) is 0 Å². The van der Waals surface area contributed by atoms with Gasteiger partial charge in [0.25, 0.3) is 0 Å². The summed E-state index contributed by atoms with van der Waals surface area (Å²) in [6, 6.07) is 2.35. The first-order chi connectivity index (χ1) is 7.08. The van der Waals surface area contributed by atoms with E-state index in [0.29, 0.717) is 16.6 Å². The SMILES string of the molecule is CC(=O)c1sc(NC(C)C2CC2)cc1N. The predicted molar refractivity (Wildman–Crippen MR) is 64.5 cm³/mol. The Kier molecular flexibility index (Phi) is 2.69. The first-order valence-corrected chi connectivity index (χ1v) is 6.06. The molecule has 3 N–H and O–H groups in total. The summed E-state index contributed by atoms with van der Waals surface area (Å²) in [5.74, 6) is 0.846. The van der Waals surface area contributed by atoms with Crippen molar-refractivity contribution in [3.63, 3.8) is 0 Å². The Bertz CT molecular complexity index is 382. The molecule has 3 nitrogen and oxygen atoms in total. The van der Waals surface area contributed by atoms with Crippen LogP contribution in [0.4, 0.5) is 10.7 Å². The van der Waals surface area contributed by atoms with Gasteiger partial charge in [-0.3, -0.25) is 4.79 Å². The van der Waals surface area contributed by atoms with Crippen LogP contribution in [0.3, 0.4) is 0 Å². The molecule has 0 bridgehead atoms. The average Bonchev–Trinajstić information content (AvgIpc) is 2.91. The van der Waals surface area contributed by atoms with E-state index in [1.54, 1.807) is 6.92 Å². The zero-order valence-electron chi connectivity index (χ0n) is 9.04. The van der Waals surface area contributed by atoms with Gasteiger partial charge in [0.05, 0.1) is 15.6 Å². The van der Waals surface area contributed by atoms with E-state index in [-0.39, 0.29) is 5.78 Å². The van der Waals surface area contributed by atoms with Gasteiger partial charge in [-0.1, -0.05) is 0 Å². The number of hydrogen-bond acceptors (Lipinski definition) is 4. The molecule has 82 valence electrons. The molecule has 0 spiro atoms. The zero-order valence-corrected chi connectivity index (χ0v) is 9.86. The molecule has 1 aliphatic rings. The number of hydrogen-bond donors (Lipinski definition) is 2. The second kappa shape index (κ2) is 3.85. The molecule has 15 heavy (non-hydrogen) atoms. The van der Waals surface area contributed by atoms with Crippen molar-refractivity contribution in [2.75, 3.05) is 11.1 Å². The Labute approximate surface area is 93.7 Å². The highest BCUT2D eigenvalue weighted by Crippen LogP contribution is 2.36. The highest BCUT2D eigenvalue weighted by molar-refractivity contribution is 7.18. The minimum Gasteiger partial charge on any atom is -0.397 e. The number of nitrogens with two attached hydrogens (primary N) is 1. The van der Waals surface area contributed by atoms with Crippen molar-refractivity contribution in [3.8, 4) is 0 Å². The average molecular weight is 224 g/mol. The fraction of sp³-hybridized carbons (Fsp3) is 0.545. The first-order valence-electron chi connectivity index (χ1n) is 5.24. The number of thiophene rings is 1. The highest BCUT2D eigenvalue weighted by Gasteiger charge is 2.28. The Morgan fingerprint density at radius 1 is 1.67 bits per heavy atom. The molecule has 1 unspecified atom stereocenters. The standard InChI is InChI=1S/C11H16N2OS/c1-6(8-3-4-8)13-10-5-9(12)11(15-10)7(2)14/h5-6,8,13H,3-4,12H2,1-2H3. The lowest BCUT2D eigenvalue weighted by atomic mass is 10.2. The molecule has 0 aromatic carbocycles. The van der Waals surface area contributed by atoms with Crippen LogP contribution in [0.15, 0.2) is 6.07 Å². The van der Waals surface area contributed by atoms with Gasteiger partial charge in [-0.2, -0.15) is 0 Å². The van der Waals surface area contributed by atoms with Crippen molar-refractivity contribution >= 4 is 27.8 Å². The molecular weight excluding hydrogens is 208 g/mol. The largest absolute Gasteiger partial charge is 0.397 e. The summed E-state index contributed by atoms with van der Waals surface area (Å²) in [4.78, 5) is 11.9. The van der Waals surface area contributed by atoms with Crippen LogP contribution < -0.4 is 11.1 Å². The lowest BCUT2D eigenvalue weighted by molar-refractivity contribution is 0.102. The van der Waals surface area contributed by atoms with Gasteiger partial charge in [0.2, 0.25) is 0 Å². The summed E-state index contributed by atoms with van der Waals surface area (Å²) in [5.41, 5.74) is 6.35. The molecule has 0 aliphatic heterocycles. The molecule has 1 atom stereocenters. The van der Waals surface area contributed by atoms with Crippen LogP contribution in [-0.2, 0) is 0 Å². The minimum atomic E-state index is 0.0459. The van der Waals surface area contributed by atoms with Crippen LogP contribution in [0, 0.1) is 5.92 Å². The smallest absolute Gasteiger partial charge is 0.171 e. The Morgan fingerprint density at radius 2 is 2.33 bits per heavy atom. The number of carbonyl (C=O) groups is 1. The molecule has 1 saturated carbocycles. The monoisotopic (exact) mass is 224 g/mol. The summed E-state index contributed by atoms with van der Waals surface area (Å²) in [6.45, 7) is 3.73. The zero-order chi connectivity index (χ0) is 11.0. The van der Waals surface area contributed by atoms with Gasteiger partial charge < -0.3 is 11.1 Å². The van der Waals surface area contributed by atoms with Gasteiger partial charge in [0.15, 0.2) is 5.78 Å². The molecule has 1 fully saturated rings. The molecule has 0 saturated heterocycles. The van der Waals surface area contributed by atoms with Crippen molar-refractivity contribution in [3.05, 3.63) is 10.9 Å². The van der Waals surface area contributed by atoms with E-state index in [9.17, 15) is 4.79 Å². The number of anilines is 2. The lowest BCUT2D eigenvalue weighted by Gasteiger charge is -2.11. The van der Waals surface area contributed by atoms with Gasteiger partial charge in [0.1, 0.15) is 0 Å². The molecule has 0 radical (unpaired) electrons. The second-order valence-corrected chi connectivity index (χ2v) is 5.27. The minimum absolute atomic E-state index is 0.0459. The number of carbonyl (C=O) groups excluding carboxylic acids is 1. The van der Waals surface area contributed by atoms with Gasteiger partial charge >= 0.3 is 0 Å². The third-order valence-electron chi connectivity index (χ3n) is 2.78. The molecule has 1 aromatic heterocycles. The van der Waals surface area contributed by atoms with E-state index >= 15 is 0 Å². The van der Waals surface area contributed by atoms with Gasteiger partial charge in [-0.25, -0.2) is 0 Å². The maximum absolute atomic E-state index is 11.2. The van der Waals surface area contributed by atoms with E-state index in [2.05, 4.69) is 12.2 Å². The fourth-order valence-corrected chi connectivity index (χ4v) is 2.66. The molecule has 1 aromatic rings. The first kappa shape index (κ1) is 10.5. The van der Waals surface area contributed by atoms with E-state index in [1.807, 2.05) is 6.07 Å². The number of nitrogens with one attached hydrogen (secondary N) is 1. The van der Waals surface area contributed by atoms with Crippen LogP contribution in [0.25, 0.3) is 0 Å². The van der Waals surface area contributed by atoms with Crippen LogP contribution in [0.1, 0.15) is 36.4 Å². The Morgan fingerprint density at radius 3 is 2.80 bits per heavy atom. The quantitative estimate of drug-likeness (QED) is 0.773. The molecule has 1 heterocycles. The van der Waals surface area contributed by atoms with E-state index < -0.39 is 0 Å². The van der Waals surface area contributed by atoms with Crippen molar-refractivity contribution in [2.45, 2.75) is 32.7 Å². The summed E-state index contributed by atoms with van der Waals surface area (Å²) in [5, 5.41) is 4.42. The Balaban J connectivity index is 2.08. The molecule has 1 aliphatic carbocycles. The topological polar surface area (TPSA) is 55.1 Å². The van der Waals surface area contributed by atoms with E-state index in [0.717, 1.165) is 10.9 Å². The number of nitrogen functional groups attached to an aromatic ring is 1. The maximum atomic E-state index is 11.2. The summed E-state index contributed by atoms with van der Waals surface area (Å²) >= 11 is 1.46. The van der Waals surface area contributed by atoms with Crippen LogP contribution in [0.5, 0.6) is 0 Å². The molecule has 4 heteroatoms. The van der Waals surface area contributed by atoms with Gasteiger partial charge in [0, 0.05) is 13.0 Å². The molecule has 2 rings (SSSR count). The highest BCUT2D eigenvalue weighted by atomic mass is 32.1. The van der Waals surface area contributed by atoms with E-state index in [1.165, 1.54) is 24.2 Å².